The standard InChI is InChI=1S/C15H14N2O4S/c18-13(14-6-3-9-21-14)10-17-22(19,20)15-7-1-5-12-11(15)4-2-8-16-12/h1-9,13,17-18H,10H2. The maximum Gasteiger partial charge on any atom is 0.241 e. The van der Waals surface area contributed by atoms with Crippen LogP contribution in [0.3, 0.4) is 0 Å². The number of sulfonamides is 1. The van der Waals surface area contributed by atoms with E-state index in [1.807, 2.05) is 0 Å². The molecule has 0 amide bonds. The van der Waals surface area contributed by atoms with Crippen LogP contribution < -0.4 is 4.72 Å². The molecule has 3 aromatic rings. The fourth-order valence-corrected chi connectivity index (χ4v) is 3.41. The maximum absolute atomic E-state index is 12.4. The third kappa shape index (κ3) is 2.87. The molecule has 3 rings (SSSR count). The predicted octanol–water partition coefficient (Wildman–Crippen LogP) is 1.84. The maximum atomic E-state index is 12.4. The Hall–Kier alpha value is -2.22. The van der Waals surface area contributed by atoms with Crippen LogP contribution in [0.4, 0.5) is 0 Å². The van der Waals surface area contributed by atoms with Gasteiger partial charge in [-0.05, 0) is 36.4 Å². The lowest BCUT2D eigenvalue weighted by Gasteiger charge is -2.11. The van der Waals surface area contributed by atoms with Gasteiger partial charge in [-0.1, -0.05) is 6.07 Å². The summed E-state index contributed by atoms with van der Waals surface area (Å²) in [6.45, 7) is -0.174. The molecule has 22 heavy (non-hydrogen) atoms. The molecule has 0 saturated carbocycles. The average Bonchev–Trinajstić information content (AvgIpc) is 3.06. The van der Waals surface area contributed by atoms with Gasteiger partial charge in [0.05, 0.1) is 16.7 Å². The van der Waals surface area contributed by atoms with Crippen LogP contribution in [0, 0.1) is 0 Å². The minimum atomic E-state index is -3.76. The molecule has 1 aromatic carbocycles. The first-order chi connectivity index (χ1) is 10.6. The number of hydrogen-bond acceptors (Lipinski definition) is 5. The number of nitrogens with zero attached hydrogens (tertiary/aromatic N) is 1. The van der Waals surface area contributed by atoms with E-state index in [0.717, 1.165) is 0 Å². The Kier molecular flexibility index (Phi) is 3.93. The van der Waals surface area contributed by atoms with Crippen LogP contribution in [0.25, 0.3) is 10.9 Å². The van der Waals surface area contributed by atoms with E-state index in [4.69, 9.17) is 4.42 Å². The van der Waals surface area contributed by atoms with Crippen LogP contribution in [0.15, 0.2) is 64.2 Å². The monoisotopic (exact) mass is 318 g/mol. The van der Waals surface area contributed by atoms with E-state index in [1.165, 1.54) is 12.3 Å². The largest absolute Gasteiger partial charge is 0.467 e. The minimum absolute atomic E-state index is 0.129. The molecule has 0 aliphatic rings. The van der Waals surface area contributed by atoms with E-state index < -0.39 is 16.1 Å². The van der Waals surface area contributed by atoms with Crippen molar-refractivity contribution in [2.45, 2.75) is 11.0 Å². The van der Waals surface area contributed by atoms with Crippen LogP contribution in [0.1, 0.15) is 11.9 Å². The van der Waals surface area contributed by atoms with E-state index >= 15 is 0 Å². The van der Waals surface area contributed by atoms with Crippen LogP contribution in [0.2, 0.25) is 0 Å². The fraction of sp³-hybridized carbons (Fsp3) is 0.133. The van der Waals surface area contributed by atoms with Crippen molar-refractivity contribution in [3.8, 4) is 0 Å². The number of fused-ring (bicyclic) bond motifs is 1. The molecule has 0 spiro atoms. The molecule has 0 bridgehead atoms. The zero-order valence-electron chi connectivity index (χ0n) is 11.5. The first kappa shape index (κ1) is 14.7. The van der Waals surface area contributed by atoms with Gasteiger partial charge in [0.25, 0.3) is 0 Å². The van der Waals surface area contributed by atoms with E-state index in [0.29, 0.717) is 16.7 Å². The van der Waals surface area contributed by atoms with Crippen molar-refractivity contribution in [2.75, 3.05) is 6.54 Å². The Morgan fingerprint density at radius 1 is 1.18 bits per heavy atom. The summed E-state index contributed by atoms with van der Waals surface area (Å²) in [5, 5.41) is 10.4. The smallest absolute Gasteiger partial charge is 0.241 e. The molecule has 0 radical (unpaired) electrons. The summed E-state index contributed by atoms with van der Waals surface area (Å²) >= 11 is 0. The highest BCUT2D eigenvalue weighted by Crippen LogP contribution is 2.21. The van der Waals surface area contributed by atoms with Gasteiger partial charge < -0.3 is 9.52 Å². The quantitative estimate of drug-likeness (QED) is 0.749. The third-order valence-corrected chi connectivity index (χ3v) is 4.72. The molecule has 0 fully saturated rings. The van der Waals surface area contributed by atoms with E-state index in [-0.39, 0.29) is 11.4 Å². The Bertz CT molecular complexity index is 870. The molecule has 6 nitrogen and oxygen atoms in total. The number of pyridine rings is 1. The summed E-state index contributed by atoms with van der Waals surface area (Å²) < 4.78 is 32.3. The number of aliphatic hydroxyl groups is 1. The van der Waals surface area contributed by atoms with Crippen molar-refractivity contribution < 1.29 is 17.9 Å². The topological polar surface area (TPSA) is 92.4 Å². The van der Waals surface area contributed by atoms with Gasteiger partial charge in [0, 0.05) is 18.1 Å². The molecule has 2 aromatic heterocycles. The molecule has 0 aliphatic heterocycles. The van der Waals surface area contributed by atoms with Gasteiger partial charge in [-0.3, -0.25) is 4.98 Å². The molecule has 1 unspecified atom stereocenters. The van der Waals surface area contributed by atoms with E-state index in [1.54, 1.807) is 42.6 Å². The van der Waals surface area contributed by atoms with Crippen LogP contribution >= 0.6 is 0 Å². The predicted molar refractivity (Wildman–Crippen MR) is 80.6 cm³/mol. The lowest BCUT2D eigenvalue weighted by atomic mass is 10.2. The van der Waals surface area contributed by atoms with Crippen LogP contribution in [0.5, 0.6) is 0 Å². The molecule has 0 saturated heterocycles. The Labute approximate surface area is 127 Å². The minimum Gasteiger partial charge on any atom is -0.467 e. The molecular formula is C15H14N2O4S. The van der Waals surface area contributed by atoms with Gasteiger partial charge >= 0.3 is 0 Å². The molecule has 0 aliphatic carbocycles. The SMILES string of the molecule is O=S(=O)(NCC(O)c1ccco1)c1cccc2ncccc12. The van der Waals surface area contributed by atoms with Gasteiger partial charge in [0.1, 0.15) is 11.9 Å². The summed E-state index contributed by atoms with van der Waals surface area (Å²) in [6, 6.07) is 11.5. The van der Waals surface area contributed by atoms with Crippen molar-refractivity contribution in [1.29, 1.82) is 0 Å². The fourth-order valence-electron chi connectivity index (χ4n) is 2.16. The lowest BCUT2D eigenvalue weighted by molar-refractivity contribution is 0.154. The molecule has 2 heterocycles. The number of benzene rings is 1. The summed E-state index contributed by atoms with van der Waals surface area (Å²) in [4.78, 5) is 4.26. The summed E-state index contributed by atoms with van der Waals surface area (Å²) in [7, 11) is -3.76. The van der Waals surface area contributed by atoms with Crippen molar-refractivity contribution in [3.63, 3.8) is 0 Å². The average molecular weight is 318 g/mol. The van der Waals surface area contributed by atoms with Gasteiger partial charge in [0.15, 0.2) is 0 Å². The zero-order valence-corrected chi connectivity index (χ0v) is 12.3. The second kappa shape index (κ2) is 5.88. The molecule has 2 N–H and O–H groups in total. The second-order valence-electron chi connectivity index (χ2n) is 4.71. The van der Waals surface area contributed by atoms with Crippen molar-refractivity contribution in [3.05, 3.63) is 60.7 Å². The van der Waals surface area contributed by atoms with E-state index in [9.17, 15) is 13.5 Å². The first-order valence-corrected chi connectivity index (χ1v) is 8.11. The lowest BCUT2D eigenvalue weighted by Crippen LogP contribution is -2.28. The Morgan fingerprint density at radius 3 is 2.82 bits per heavy atom. The summed E-state index contributed by atoms with van der Waals surface area (Å²) in [5.74, 6) is 0.308. The highest BCUT2D eigenvalue weighted by atomic mass is 32.2. The molecular weight excluding hydrogens is 304 g/mol. The van der Waals surface area contributed by atoms with Crippen molar-refractivity contribution >= 4 is 20.9 Å². The van der Waals surface area contributed by atoms with Gasteiger partial charge in [0.2, 0.25) is 10.0 Å². The van der Waals surface area contributed by atoms with Crippen molar-refractivity contribution in [1.82, 2.24) is 9.71 Å². The highest BCUT2D eigenvalue weighted by Gasteiger charge is 2.20. The van der Waals surface area contributed by atoms with Gasteiger partial charge in [-0.25, -0.2) is 13.1 Å². The second-order valence-corrected chi connectivity index (χ2v) is 6.44. The van der Waals surface area contributed by atoms with Gasteiger partial charge in [-0.15, -0.1) is 0 Å². The van der Waals surface area contributed by atoms with Crippen LogP contribution in [-0.4, -0.2) is 25.1 Å². The third-order valence-electron chi connectivity index (χ3n) is 3.23. The van der Waals surface area contributed by atoms with Gasteiger partial charge in [-0.2, -0.15) is 0 Å². The Balaban J connectivity index is 1.86. The number of furan rings is 1. The molecule has 1 atom stereocenters. The number of aliphatic hydroxyl groups excluding tert-OH is 1. The van der Waals surface area contributed by atoms with E-state index in [2.05, 4.69) is 9.71 Å². The number of hydrogen-bond donors (Lipinski definition) is 2. The number of aromatic nitrogens is 1. The van der Waals surface area contributed by atoms with Crippen LogP contribution in [-0.2, 0) is 10.0 Å². The normalized spacial score (nSPS) is 13.3. The van der Waals surface area contributed by atoms with Crippen molar-refractivity contribution in [2.24, 2.45) is 0 Å². The molecule has 114 valence electrons. The Morgan fingerprint density at radius 2 is 2.05 bits per heavy atom. The first-order valence-electron chi connectivity index (χ1n) is 6.63. The highest BCUT2D eigenvalue weighted by molar-refractivity contribution is 7.89. The zero-order chi connectivity index (χ0) is 15.6. The summed E-state index contributed by atoms with van der Waals surface area (Å²) in [6.07, 6.45) is 1.98. The number of nitrogens with one attached hydrogen (secondary N) is 1. The molecule has 7 heteroatoms. The summed E-state index contributed by atoms with van der Waals surface area (Å²) in [5.41, 5.74) is 0.594. The number of rotatable bonds is 5.